The molecule has 138 valence electrons. The molecule has 0 bridgehead atoms. The molecule has 29 heavy (non-hydrogen) atoms. The lowest BCUT2D eigenvalue weighted by Crippen LogP contribution is -1.82. The van der Waals surface area contributed by atoms with Crippen molar-refractivity contribution in [1.82, 2.24) is 25.1 Å². The minimum Gasteiger partial charge on any atom is -0.353 e. The van der Waals surface area contributed by atoms with Crippen molar-refractivity contribution in [2.24, 2.45) is 0 Å². The SMILES string of the molecule is c1ccc(-c2ccc3[nH]nc(-c4cc5c(-c6ccsc6)nccc5[nH]4)c3c2)nc1. The van der Waals surface area contributed by atoms with Crippen molar-refractivity contribution in [2.45, 2.75) is 0 Å². The summed E-state index contributed by atoms with van der Waals surface area (Å²) in [4.78, 5) is 12.6. The predicted octanol–water partition coefficient (Wildman–Crippen LogP) is 5.90. The molecule has 0 saturated heterocycles. The minimum absolute atomic E-state index is 0.894. The average molecular weight is 393 g/mol. The summed E-state index contributed by atoms with van der Waals surface area (Å²) in [7, 11) is 0. The molecule has 0 unspecified atom stereocenters. The Balaban J connectivity index is 1.53. The van der Waals surface area contributed by atoms with Gasteiger partial charge in [0.05, 0.1) is 22.6 Å². The highest BCUT2D eigenvalue weighted by atomic mass is 32.1. The quantitative estimate of drug-likeness (QED) is 0.393. The summed E-state index contributed by atoms with van der Waals surface area (Å²) in [6.07, 6.45) is 3.66. The van der Waals surface area contributed by atoms with E-state index in [9.17, 15) is 0 Å². The minimum atomic E-state index is 0.894. The zero-order valence-electron chi connectivity index (χ0n) is 15.3. The van der Waals surface area contributed by atoms with E-state index in [1.165, 1.54) is 0 Å². The van der Waals surface area contributed by atoms with E-state index in [-0.39, 0.29) is 0 Å². The van der Waals surface area contributed by atoms with Crippen LogP contribution < -0.4 is 0 Å². The van der Waals surface area contributed by atoms with E-state index in [4.69, 9.17) is 0 Å². The number of hydrogen-bond acceptors (Lipinski definition) is 4. The second kappa shape index (κ2) is 6.39. The first-order valence-electron chi connectivity index (χ1n) is 9.27. The standard InChI is InChI=1S/C23H15N5S/c1-2-8-24-18(3-1)14-4-5-20-16(11-14)23(28-27-20)21-12-17-19(26-21)6-9-25-22(17)15-7-10-29-13-15/h1-13,26H,(H,27,28). The van der Waals surface area contributed by atoms with Gasteiger partial charge in [-0.25, -0.2) is 0 Å². The fourth-order valence-electron chi connectivity index (χ4n) is 3.72. The van der Waals surface area contributed by atoms with Crippen molar-refractivity contribution in [2.75, 3.05) is 0 Å². The summed E-state index contributed by atoms with van der Waals surface area (Å²) in [6, 6.07) is 18.4. The molecule has 6 aromatic rings. The zero-order chi connectivity index (χ0) is 19.2. The van der Waals surface area contributed by atoms with Crippen molar-refractivity contribution in [3.05, 3.63) is 77.8 Å². The molecule has 2 N–H and O–H groups in total. The van der Waals surface area contributed by atoms with Gasteiger partial charge in [0.25, 0.3) is 0 Å². The number of aromatic nitrogens is 5. The molecule has 0 aliphatic carbocycles. The number of fused-ring (bicyclic) bond motifs is 2. The van der Waals surface area contributed by atoms with Gasteiger partial charge in [-0.2, -0.15) is 16.4 Å². The second-order valence-electron chi connectivity index (χ2n) is 6.86. The third kappa shape index (κ3) is 2.65. The number of benzene rings is 1. The molecular formula is C23H15N5S. The molecule has 0 atom stereocenters. The largest absolute Gasteiger partial charge is 0.353 e. The van der Waals surface area contributed by atoms with Crippen LogP contribution >= 0.6 is 11.3 Å². The van der Waals surface area contributed by atoms with E-state index in [1.54, 1.807) is 11.3 Å². The Morgan fingerprint density at radius 1 is 0.759 bits per heavy atom. The predicted molar refractivity (Wildman–Crippen MR) is 118 cm³/mol. The number of aromatic amines is 2. The molecule has 0 saturated carbocycles. The van der Waals surface area contributed by atoms with Crippen LogP contribution in [-0.2, 0) is 0 Å². The zero-order valence-corrected chi connectivity index (χ0v) is 16.1. The van der Waals surface area contributed by atoms with Crippen molar-refractivity contribution in [3.63, 3.8) is 0 Å². The number of rotatable bonds is 3. The number of nitrogens with zero attached hydrogens (tertiary/aromatic N) is 3. The summed E-state index contributed by atoms with van der Waals surface area (Å²) < 4.78 is 0. The van der Waals surface area contributed by atoms with Gasteiger partial charge in [0.1, 0.15) is 5.69 Å². The van der Waals surface area contributed by atoms with Gasteiger partial charge in [-0.1, -0.05) is 12.1 Å². The maximum Gasteiger partial charge on any atom is 0.116 e. The number of nitrogens with one attached hydrogen (secondary N) is 2. The van der Waals surface area contributed by atoms with Crippen molar-refractivity contribution in [1.29, 1.82) is 0 Å². The Kier molecular flexibility index (Phi) is 3.57. The molecule has 0 amide bonds. The van der Waals surface area contributed by atoms with E-state index in [0.717, 1.165) is 55.7 Å². The molecule has 0 radical (unpaired) electrons. The molecule has 1 aromatic carbocycles. The Bertz CT molecular complexity index is 1450. The molecule has 0 aliphatic rings. The highest BCUT2D eigenvalue weighted by Crippen LogP contribution is 2.34. The van der Waals surface area contributed by atoms with Crippen molar-refractivity contribution in [3.8, 4) is 33.9 Å². The summed E-state index contributed by atoms with van der Waals surface area (Å²) in [6.45, 7) is 0. The number of pyridine rings is 2. The van der Waals surface area contributed by atoms with Crippen LogP contribution in [0.2, 0.25) is 0 Å². The Hall–Kier alpha value is -3.77. The lowest BCUT2D eigenvalue weighted by molar-refractivity contribution is 1.12. The number of thiophene rings is 1. The van der Waals surface area contributed by atoms with Crippen LogP contribution in [0.25, 0.3) is 55.7 Å². The maximum absolute atomic E-state index is 4.61. The van der Waals surface area contributed by atoms with Crippen LogP contribution in [0.4, 0.5) is 0 Å². The fraction of sp³-hybridized carbons (Fsp3) is 0. The molecule has 0 spiro atoms. The smallest absolute Gasteiger partial charge is 0.116 e. The lowest BCUT2D eigenvalue weighted by atomic mass is 10.1. The lowest BCUT2D eigenvalue weighted by Gasteiger charge is -2.01. The van der Waals surface area contributed by atoms with Gasteiger partial charge in [-0.05, 0) is 47.8 Å². The molecule has 5 nitrogen and oxygen atoms in total. The fourth-order valence-corrected chi connectivity index (χ4v) is 4.36. The molecule has 0 fully saturated rings. The Morgan fingerprint density at radius 2 is 1.72 bits per heavy atom. The monoisotopic (exact) mass is 393 g/mol. The van der Waals surface area contributed by atoms with Gasteiger partial charge in [0.2, 0.25) is 0 Å². The summed E-state index contributed by atoms with van der Waals surface area (Å²) in [5, 5.41) is 14.1. The van der Waals surface area contributed by atoms with Gasteiger partial charge < -0.3 is 4.98 Å². The average Bonchev–Trinajstić information content (AvgIpc) is 3.52. The Labute approximate surface area is 170 Å². The van der Waals surface area contributed by atoms with E-state index >= 15 is 0 Å². The third-order valence-corrected chi connectivity index (χ3v) is 5.80. The molecule has 6 heteroatoms. The molecule has 5 aromatic heterocycles. The van der Waals surface area contributed by atoms with Crippen molar-refractivity contribution >= 4 is 33.1 Å². The summed E-state index contributed by atoms with van der Waals surface area (Å²) in [5.74, 6) is 0. The van der Waals surface area contributed by atoms with Gasteiger partial charge in [0.15, 0.2) is 0 Å². The van der Waals surface area contributed by atoms with Crippen LogP contribution in [0, 0.1) is 0 Å². The van der Waals surface area contributed by atoms with Gasteiger partial charge >= 0.3 is 0 Å². The first-order chi connectivity index (χ1) is 14.4. The molecule has 6 rings (SSSR count). The van der Waals surface area contributed by atoms with Crippen LogP contribution in [0.5, 0.6) is 0 Å². The van der Waals surface area contributed by atoms with E-state index in [0.29, 0.717) is 0 Å². The molecule has 5 heterocycles. The molecule has 0 aliphatic heterocycles. The highest BCUT2D eigenvalue weighted by molar-refractivity contribution is 7.08. The second-order valence-corrected chi connectivity index (χ2v) is 7.64. The summed E-state index contributed by atoms with van der Waals surface area (Å²) in [5.41, 5.74) is 8.04. The van der Waals surface area contributed by atoms with Gasteiger partial charge in [-0.15, -0.1) is 0 Å². The van der Waals surface area contributed by atoms with Crippen LogP contribution in [0.1, 0.15) is 0 Å². The van der Waals surface area contributed by atoms with Crippen LogP contribution in [-0.4, -0.2) is 25.1 Å². The normalized spacial score (nSPS) is 11.4. The first kappa shape index (κ1) is 16.2. The van der Waals surface area contributed by atoms with Gasteiger partial charge in [0, 0.05) is 45.2 Å². The maximum atomic E-state index is 4.61. The number of H-pyrrole nitrogens is 2. The van der Waals surface area contributed by atoms with Gasteiger partial charge in [-0.3, -0.25) is 15.1 Å². The topological polar surface area (TPSA) is 70.2 Å². The summed E-state index contributed by atoms with van der Waals surface area (Å²) >= 11 is 1.68. The van der Waals surface area contributed by atoms with E-state index in [2.05, 4.69) is 66.2 Å². The van der Waals surface area contributed by atoms with Crippen LogP contribution in [0.15, 0.2) is 77.8 Å². The van der Waals surface area contributed by atoms with Crippen LogP contribution in [0.3, 0.4) is 0 Å². The highest BCUT2D eigenvalue weighted by Gasteiger charge is 2.15. The molecular weight excluding hydrogens is 378 g/mol. The van der Waals surface area contributed by atoms with E-state index in [1.807, 2.05) is 36.7 Å². The van der Waals surface area contributed by atoms with Crippen molar-refractivity contribution < 1.29 is 0 Å². The van der Waals surface area contributed by atoms with E-state index < -0.39 is 0 Å². The number of hydrogen-bond donors (Lipinski definition) is 2. The Morgan fingerprint density at radius 3 is 2.59 bits per heavy atom. The first-order valence-corrected chi connectivity index (χ1v) is 10.2. The third-order valence-electron chi connectivity index (χ3n) is 5.12.